The summed E-state index contributed by atoms with van der Waals surface area (Å²) in [7, 11) is 3.24. The van der Waals surface area contributed by atoms with Crippen LogP contribution in [0.4, 0.5) is 0 Å². The summed E-state index contributed by atoms with van der Waals surface area (Å²) in [5.74, 6) is 1.45. The van der Waals surface area contributed by atoms with Gasteiger partial charge in [-0.3, -0.25) is 0 Å². The highest BCUT2D eigenvalue weighted by Crippen LogP contribution is 2.30. The summed E-state index contributed by atoms with van der Waals surface area (Å²) in [6, 6.07) is 11.2. The summed E-state index contributed by atoms with van der Waals surface area (Å²) >= 11 is 6.05. The van der Waals surface area contributed by atoms with E-state index >= 15 is 0 Å². The zero-order chi connectivity index (χ0) is 14.7. The van der Waals surface area contributed by atoms with Crippen LogP contribution in [0.15, 0.2) is 36.4 Å². The largest absolute Gasteiger partial charge is 0.497 e. The van der Waals surface area contributed by atoms with E-state index in [0.717, 1.165) is 33.2 Å². The van der Waals surface area contributed by atoms with Gasteiger partial charge in [-0.25, -0.2) is 0 Å². The molecule has 2 rings (SSSR count). The van der Waals surface area contributed by atoms with Crippen LogP contribution in [0, 0.1) is 6.92 Å². The van der Waals surface area contributed by atoms with Crippen molar-refractivity contribution in [2.45, 2.75) is 13.0 Å². The molecule has 0 amide bonds. The summed E-state index contributed by atoms with van der Waals surface area (Å²) in [4.78, 5) is 0. The van der Waals surface area contributed by atoms with Gasteiger partial charge in [0.1, 0.15) is 11.5 Å². The molecular weight excluding hydrogens is 274 g/mol. The molecule has 2 aromatic carbocycles. The van der Waals surface area contributed by atoms with Crippen LogP contribution >= 0.6 is 11.6 Å². The van der Waals surface area contributed by atoms with Crippen molar-refractivity contribution in [1.82, 2.24) is 0 Å². The molecule has 0 bridgehead atoms. The van der Waals surface area contributed by atoms with Gasteiger partial charge in [0.2, 0.25) is 0 Å². The zero-order valence-corrected chi connectivity index (χ0v) is 12.6. The summed E-state index contributed by atoms with van der Waals surface area (Å²) in [5, 5.41) is 0.740. The fraction of sp³-hybridized carbons (Fsp3) is 0.250. The lowest BCUT2D eigenvalue weighted by atomic mass is 9.98. The third-order valence-electron chi connectivity index (χ3n) is 3.27. The summed E-state index contributed by atoms with van der Waals surface area (Å²) < 4.78 is 10.5. The number of nitrogens with two attached hydrogens (primary N) is 1. The highest BCUT2D eigenvalue weighted by Gasteiger charge is 2.13. The van der Waals surface area contributed by atoms with Crippen LogP contribution in [0.1, 0.15) is 22.7 Å². The van der Waals surface area contributed by atoms with Gasteiger partial charge in [-0.2, -0.15) is 0 Å². The molecule has 0 fully saturated rings. The van der Waals surface area contributed by atoms with E-state index in [1.807, 2.05) is 43.3 Å². The van der Waals surface area contributed by atoms with Crippen molar-refractivity contribution in [3.05, 3.63) is 58.1 Å². The second-order valence-corrected chi connectivity index (χ2v) is 5.04. The maximum atomic E-state index is 6.33. The summed E-state index contributed by atoms with van der Waals surface area (Å²) in [6.45, 7) is 1.96. The number of hydrogen-bond acceptors (Lipinski definition) is 3. The lowest BCUT2D eigenvalue weighted by Gasteiger charge is -2.16. The fourth-order valence-corrected chi connectivity index (χ4v) is 2.18. The summed E-state index contributed by atoms with van der Waals surface area (Å²) in [6.07, 6.45) is 0. The highest BCUT2D eigenvalue weighted by molar-refractivity contribution is 6.31. The predicted molar refractivity (Wildman–Crippen MR) is 81.8 cm³/mol. The maximum Gasteiger partial charge on any atom is 0.122 e. The third kappa shape index (κ3) is 3.06. The van der Waals surface area contributed by atoms with Gasteiger partial charge in [-0.05, 0) is 41.8 Å². The Labute approximate surface area is 124 Å². The average Bonchev–Trinajstić information content (AvgIpc) is 2.48. The van der Waals surface area contributed by atoms with Gasteiger partial charge in [-0.15, -0.1) is 0 Å². The monoisotopic (exact) mass is 291 g/mol. The van der Waals surface area contributed by atoms with Crippen LogP contribution in [-0.4, -0.2) is 14.2 Å². The average molecular weight is 292 g/mol. The smallest absolute Gasteiger partial charge is 0.122 e. The maximum absolute atomic E-state index is 6.33. The molecular formula is C16H18ClNO2. The first-order valence-electron chi connectivity index (χ1n) is 6.29. The normalized spacial score (nSPS) is 12.1. The molecule has 3 nitrogen and oxygen atoms in total. The van der Waals surface area contributed by atoms with Crippen molar-refractivity contribution in [3.8, 4) is 11.5 Å². The Morgan fingerprint density at radius 1 is 0.950 bits per heavy atom. The zero-order valence-electron chi connectivity index (χ0n) is 11.8. The van der Waals surface area contributed by atoms with Gasteiger partial charge in [0.25, 0.3) is 0 Å². The van der Waals surface area contributed by atoms with E-state index in [1.165, 1.54) is 0 Å². The minimum Gasteiger partial charge on any atom is -0.497 e. The van der Waals surface area contributed by atoms with Gasteiger partial charge in [0, 0.05) is 11.1 Å². The minimum absolute atomic E-state index is 0.255. The predicted octanol–water partition coefficient (Wildman–Crippen LogP) is 3.71. The molecule has 2 aromatic rings. The molecule has 0 aliphatic rings. The fourth-order valence-electron chi connectivity index (χ4n) is 2.06. The Bertz CT molecular complexity index is 591. The standard InChI is InChI=1S/C16H18ClNO2/c1-10-6-11(4-5-15(10)17)16(18)12-7-13(19-2)9-14(8-12)20-3/h4-9,16H,18H2,1-3H3. The molecule has 4 heteroatoms. The van der Waals surface area contributed by atoms with Crippen LogP contribution < -0.4 is 15.2 Å². The van der Waals surface area contributed by atoms with Crippen molar-refractivity contribution >= 4 is 11.6 Å². The van der Waals surface area contributed by atoms with E-state index in [4.69, 9.17) is 26.8 Å². The lowest BCUT2D eigenvalue weighted by molar-refractivity contribution is 0.393. The molecule has 0 spiro atoms. The number of aryl methyl sites for hydroxylation is 1. The molecule has 106 valence electrons. The van der Waals surface area contributed by atoms with Gasteiger partial charge < -0.3 is 15.2 Å². The van der Waals surface area contributed by atoms with Gasteiger partial charge in [0.15, 0.2) is 0 Å². The second kappa shape index (κ2) is 6.16. The highest BCUT2D eigenvalue weighted by atomic mass is 35.5. The molecule has 2 N–H and O–H groups in total. The lowest BCUT2D eigenvalue weighted by Crippen LogP contribution is -2.12. The Morgan fingerprint density at radius 3 is 2.05 bits per heavy atom. The number of benzene rings is 2. The molecule has 0 aliphatic carbocycles. The number of rotatable bonds is 4. The Balaban J connectivity index is 2.41. The van der Waals surface area contributed by atoms with E-state index in [2.05, 4.69) is 0 Å². The Hall–Kier alpha value is -1.71. The van der Waals surface area contributed by atoms with Crippen LogP contribution in [0.25, 0.3) is 0 Å². The van der Waals surface area contributed by atoms with Gasteiger partial charge in [-0.1, -0.05) is 23.7 Å². The number of halogens is 1. The first kappa shape index (κ1) is 14.7. The first-order valence-corrected chi connectivity index (χ1v) is 6.67. The van der Waals surface area contributed by atoms with Crippen LogP contribution in [0.5, 0.6) is 11.5 Å². The number of ether oxygens (including phenoxy) is 2. The number of hydrogen-bond donors (Lipinski definition) is 1. The van der Waals surface area contributed by atoms with E-state index in [9.17, 15) is 0 Å². The molecule has 0 radical (unpaired) electrons. The topological polar surface area (TPSA) is 44.5 Å². The van der Waals surface area contributed by atoms with E-state index in [1.54, 1.807) is 14.2 Å². The molecule has 0 aliphatic heterocycles. The minimum atomic E-state index is -0.255. The first-order chi connectivity index (χ1) is 9.55. The third-order valence-corrected chi connectivity index (χ3v) is 3.70. The second-order valence-electron chi connectivity index (χ2n) is 4.63. The van der Waals surface area contributed by atoms with Crippen LogP contribution in [0.2, 0.25) is 5.02 Å². The molecule has 0 aromatic heterocycles. The van der Waals surface area contributed by atoms with Crippen molar-refractivity contribution < 1.29 is 9.47 Å². The SMILES string of the molecule is COc1cc(OC)cc(C(N)c2ccc(Cl)c(C)c2)c1. The van der Waals surface area contributed by atoms with Crippen LogP contribution in [0.3, 0.4) is 0 Å². The van der Waals surface area contributed by atoms with Crippen molar-refractivity contribution in [3.63, 3.8) is 0 Å². The van der Waals surface area contributed by atoms with Gasteiger partial charge in [0.05, 0.1) is 20.3 Å². The van der Waals surface area contributed by atoms with E-state index in [-0.39, 0.29) is 6.04 Å². The number of methoxy groups -OCH3 is 2. The quantitative estimate of drug-likeness (QED) is 0.934. The molecule has 1 atom stereocenters. The van der Waals surface area contributed by atoms with Crippen molar-refractivity contribution in [2.75, 3.05) is 14.2 Å². The molecule has 0 saturated heterocycles. The van der Waals surface area contributed by atoms with E-state index < -0.39 is 0 Å². The molecule has 0 heterocycles. The summed E-state index contributed by atoms with van der Waals surface area (Å²) in [5.41, 5.74) is 9.27. The van der Waals surface area contributed by atoms with Crippen molar-refractivity contribution in [1.29, 1.82) is 0 Å². The molecule has 0 saturated carbocycles. The molecule has 1 unspecified atom stereocenters. The Kier molecular flexibility index (Phi) is 4.53. The van der Waals surface area contributed by atoms with Crippen LogP contribution in [-0.2, 0) is 0 Å². The van der Waals surface area contributed by atoms with Crippen molar-refractivity contribution in [2.24, 2.45) is 5.73 Å². The van der Waals surface area contributed by atoms with E-state index in [0.29, 0.717) is 0 Å². The molecule has 20 heavy (non-hydrogen) atoms. The van der Waals surface area contributed by atoms with Gasteiger partial charge >= 0.3 is 0 Å². The Morgan fingerprint density at radius 2 is 1.55 bits per heavy atom.